The van der Waals surface area contributed by atoms with E-state index in [-0.39, 0.29) is 34.4 Å². The summed E-state index contributed by atoms with van der Waals surface area (Å²) >= 11 is 0. The van der Waals surface area contributed by atoms with E-state index in [9.17, 15) is 60.0 Å². The SMILES string of the molecule is CC1(C)[C@@H](O[C@H]2O[C@H](C(=O)O)[C@H](O)[C@H](O)[C@H]2O[C@@H]2O[C@H](C(=O)O)[C@@H](O)[C@H](O)[C@H]2O)CC[C@]2(C)[C@H]3C(=O)C=C4[C@H]5C[C@@](C)(C(=O)O)CC[C@]5(C)CC[C@@]4(C)[C@]3(C)CC[C@@H]12. The van der Waals surface area contributed by atoms with Crippen LogP contribution in [0.3, 0.4) is 0 Å². The average Bonchev–Trinajstić information content (AvgIpc) is 3.13. The van der Waals surface area contributed by atoms with Gasteiger partial charge in [-0.3, -0.25) is 9.59 Å². The van der Waals surface area contributed by atoms with Crippen LogP contribution in [0.1, 0.15) is 106 Å². The van der Waals surface area contributed by atoms with Crippen molar-refractivity contribution in [3.8, 4) is 0 Å². The van der Waals surface area contributed by atoms with Crippen LogP contribution in [0.5, 0.6) is 0 Å². The maximum Gasteiger partial charge on any atom is 0.335 e. The summed E-state index contributed by atoms with van der Waals surface area (Å²) in [5.41, 5.74) is -1.81. The maximum absolute atomic E-state index is 14.8. The number of rotatable bonds is 7. The zero-order valence-electron chi connectivity index (χ0n) is 34.4. The molecule has 5 aliphatic carbocycles. The molecule has 0 unspecified atom stereocenters. The van der Waals surface area contributed by atoms with Gasteiger partial charge in [-0.2, -0.15) is 0 Å². The van der Waals surface area contributed by atoms with Crippen LogP contribution < -0.4 is 0 Å². The highest BCUT2D eigenvalue weighted by Crippen LogP contribution is 2.75. The molecule has 0 bridgehead atoms. The molecule has 7 rings (SSSR count). The molecule has 16 heteroatoms. The van der Waals surface area contributed by atoms with Crippen molar-refractivity contribution >= 4 is 23.7 Å². The predicted molar refractivity (Wildman–Crippen MR) is 199 cm³/mol. The highest BCUT2D eigenvalue weighted by molar-refractivity contribution is 5.95. The molecule has 0 radical (unpaired) electrons. The van der Waals surface area contributed by atoms with Crippen molar-refractivity contribution in [2.75, 3.05) is 0 Å². The maximum atomic E-state index is 14.8. The molecule has 6 fully saturated rings. The van der Waals surface area contributed by atoms with Crippen molar-refractivity contribution in [3.63, 3.8) is 0 Å². The van der Waals surface area contributed by atoms with Crippen LogP contribution >= 0.6 is 0 Å². The molecule has 2 saturated heterocycles. The van der Waals surface area contributed by atoms with E-state index in [2.05, 4.69) is 27.7 Å². The molecular weight excluding hydrogens is 760 g/mol. The van der Waals surface area contributed by atoms with E-state index < -0.39 is 107 Å². The van der Waals surface area contributed by atoms with E-state index >= 15 is 0 Å². The Kier molecular flexibility index (Phi) is 10.7. The Hall–Kier alpha value is -2.54. The number of ketones is 1. The topological polar surface area (TPSA) is 267 Å². The summed E-state index contributed by atoms with van der Waals surface area (Å²) in [6.45, 7) is 14.8. The van der Waals surface area contributed by atoms with Crippen LogP contribution in [0.25, 0.3) is 0 Å². The molecule has 2 heterocycles. The van der Waals surface area contributed by atoms with Crippen molar-refractivity contribution < 1.29 is 79.0 Å². The lowest BCUT2D eigenvalue weighted by Crippen LogP contribution is -2.68. The molecule has 2 aliphatic heterocycles. The molecule has 0 spiro atoms. The first-order valence-corrected chi connectivity index (χ1v) is 20.7. The second kappa shape index (κ2) is 14.3. The van der Waals surface area contributed by atoms with Crippen molar-refractivity contribution in [3.05, 3.63) is 11.6 Å². The van der Waals surface area contributed by atoms with Crippen LogP contribution in [0.15, 0.2) is 11.6 Å². The van der Waals surface area contributed by atoms with Gasteiger partial charge in [0.15, 0.2) is 30.6 Å². The molecule has 0 amide bonds. The first kappa shape index (κ1) is 43.5. The van der Waals surface area contributed by atoms with Crippen LogP contribution in [0.2, 0.25) is 0 Å². The number of carboxylic acids is 3. The third kappa shape index (κ3) is 6.25. The molecule has 0 aromatic heterocycles. The number of allylic oxidation sites excluding steroid dienone is 2. The summed E-state index contributed by atoms with van der Waals surface area (Å²) in [4.78, 5) is 51.3. The van der Waals surface area contributed by atoms with E-state index in [0.29, 0.717) is 25.7 Å². The van der Waals surface area contributed by atoms with Gasteiger partial charge < -0.3 is 59.8 Å². The Morgan fingerprint density at radius 2 is 1.28 bits per heavy atom. The molecule has 58 heavy (non-hydrogen) atoms. The number of ether oxygens (including phenoxy) is 4. The molecule has 7 aliphatic rings. The van der Waals surface area contributed by atoms with Crippen molar-refractivity contribution in [1.29, 1.82) is 0 Å². The van der Waals surface area contributed by atoms with Gasteiger partial charge >= 0.3 is 17.9 Å². The Balaban J connectivity index is 1.17. The zero-order valence-corrected chi connectivity index (χ0v) is 34.4. The van der Waals surface area contributed by atoms with Gasteiger partial charge in [0.05, 0.1) is 11.5 Å². The minimum atomic E-state index is -2.05. The number of aliphatic carboxylic acids is 3. The predicted octanol–water partition coefficient (Wildman–Crippen LogP) is 2.25. The lowest BCUT2D eigenvalue weighted by molar-refractivity contribution is -0.371. The van der Waals surface area contributed by atoms with Crippen LogP contribution in [0.4, 0.5) is 0 Å². The third-order valence-electron chi connectivity index (χ3n) is 17.2. The number of hydrogen-bond acceptors (Lipinski definition) is 13. The van der Waals surface area contributed by atoms with Crippen LogP contribution in [0, 0.1) is 50.2 Å². The molecule has 19 atom stereocenters. The Labute approximate surface area is 337 Å². The number of fused-ring (bicyclic) bond motifs is 7. The first-order valence-electron chi connectivity index (χ1n) is 20.7. The average molecular weight is 823 g/mol. The lowest BCUT2D eigenvalue weighted by atomic mass is 9.33. The number of aliphatic hydroxyl groups excluding tert-OH is 5. The molecule has 0 aromatic rings. The normalized spacial score (nSPS) is 52.6. The number of aliphatic hydroxyl groups is 5. The quantitative estimate of drug-likeness (QED) is 0.171. The van der Waals surface area contributed by atoms with Crippen molar-refractivity contribution in [1.82, 2.24) is 0 Å². The molecule has 16 nitrogen and oxygen atoms in total. The van der Waals surface area contributed by atoms with Gasteiger partial charge in [0.2, 0.25) is 0 Å². The minimum Gasteiger partial charge on any atom is -0.481 e. The summed E-state index contributed by atoms with van der Waals surface area (Å²) in [6.07, 6.45) is -12.2. The van der Waals surface area contributed by atoms with E-state index in [0.717, 1.165) is 37.7 Å². The Morgan fingerprint density at radius 3 is 1.88 bits per heavy atom. The van der Waals surface area contributed by atoms with E-state index in [1.807, 2.05) is 26.8 Å². The van der Waals surface area contributed by atoms with Crippen molar-refractivity contribution in [2.45, 2.75) is 174 Å². The standard InChI is InChI=1S/C42H62O16/c1-37(2)21-8-11-42(7)31(20(43)16-18-19-17-39(4,36(53)54)13-12-38(19,3)14-15-41(18,42)6)40(21,5)10-9-22(37)55-35-30(26(47)25(46)29(57-35)33(51)52)58-34-27(48)23(44)24(45)28(56-34)32(49)50/h16,19,21-31,34-35,44-48H,8-15,17H2,1-7H3,(H,49,50)(H,51,52)(H,53,54)/t19-,21+,22+,23+,24+,25-,26+,27-,28+,29+,30-,31-,34+,35+,38-,39+,40+,41-,42-/m1/s1. The van der Waals surface area contributed by atoms with E-state index in [1.165, 1.54) is 0 Å². The number of carboxylic acid groups (broad SMARTS) is 3. The Morgan fingerprint density at radius 1 is 0.690 bits per heavy atom. The fourth-order valence-electron chi connectivity index (χ4n) is 13.4. The molecule has 8 N–H and O–H groups in total. The smallest absolute Gasteiger partial charge is 0.335 e. The minimum absolute atomic E-state index is 0.0217. The number of carbonyl (C=O) groups is 4. The summed E-state index contributed by atoms with van der Waals surface area (Å²) in [6, 6.07) is 0. The van der Waals surface area contributed by atoms with Crippen molar-refractivity contribution in [2.24, 2.45) is 50.2 Å². The monoisotopic (exact) mass is 822 g/mol. The van der Waals surface area contributed by atoms with Crippen LogP contribution in [-0.2, 0) is 38.1 Å². The van der Waals surface area contributed by atoms with Gasteiger partial charge in [-0.15, -0.1) is 0 Å². The van der Waals surface area contributed by atoms with E-state index in [4.69, 9.17) is 18.9 Å². The van der Waals surface area contributed by atoms with Gasteiger partial charge in [0.25, 0.3) is 0 Å². The zero-order chi connectivity index (χ0) is 42.9. The summed E-state index contributed by atoms with van der Waals surface area (Å²) in [7, 11) is 0. The highest BCUT2D eigenvalue weighted by atomic mass is 16.8. The Bertz CT molecular complexity index is 1730. The molecule has 326 valence electrons. The fraction of sp³-hybridized carbons (Fsp3) is 0.857. The molecular formula is C42H62O16. The first-order chi connectivity index (χ1) is 26.8. The largest absolute Gasteiger partial charge is 0.481 e. The fourth-order valence-corrected chi connectivity index (χ4v) is 13.4. The lowest BCUT2D eigenvalue weighted by Gasteiger charge is -2.70. The number of hydrogen-bond donors (Lipinski definition) is 8. The summed E-state index contributed by atoms with van der Waals surface area (Å²) in [5, 5.41) is 83.0. The van der Waals surface area contributed by atoms with E-state index in [1.54, 1.807) is 0 Å². The second-order valence-corrected chi connectivity index (χ2v) is 20.6. The van der Waals surface area contributed by atoms with Crippen LogP contribution in [-0.4, -0.2) is 132 Å². The van der Waals surface area contributed by atoms with Gasteiger partial charge in [-0.05, 0) is 110 Å². The van der Waals surface area contributed by atoms with Gasteiger partial charge in [0.1, 0.15) is 36.6 Å². The van der Waals surface area contributed by atoms with Gasteiger partial charge in [-0.1, -0.05) is 47.1 Å². The second-order valence-electron chi connectivity index (χ2n) is 20.6. The summed E-state index contributed by atoms with van der Waals surface area (Å²) < 4.78 is 23.4. The molecule has 4 saturated carbocycles. The number of carbonyl (C=O) groups excluding carboxylic acids is 1. The highest BCUT2D eigenvalue weighted by Gasteiger charge is 2.71. The summed E-state index contributed by atoms with van der Waals surface area (Å²) in [5.74, 6) is -4.47. The third-order valence-corrected chi connectivity index (χ3v) is 17.2. The molecule has 0 aromatic carbocycles. The van der Waals surface area contributed by atoms with Gasteiger partial charge in [0, 0.05) is 5.92 Å². The van der Waals surface area contributed by atoms with Gasteiger partial charge in [-0.25, -0.2) is 9.59 Å².